The Balaban J connectivity index is 4.91. The van der Waals surface area contributed by atoms with Crippen molar-refractivity contribution < 1.29 is 76.3 Å². The second kappa shape index (κ2) is 72.9. The fraction of sp³-hybridized carbons (Fsp3) is 0.756. The van der Waals surface area contributed by atoms with E-state index in [1.807, 2.05) is 26.2 Å². The molecule has 0 aliphatic carbocycles. The van der Waals surface area contributed by atoms with Gasteiger partial charge in [0.25, 0.3) is 0 Å². The highest BCUT2D eigenvalue weighted by molar-refractivity contribution is 5.81. The van der Waals surface area contributed by atoms with Crippen LogP contribution in [0.25, 0.3) is 0 Å². The molecule has 2 unspecified atom stereocenters. The van der Waals surface area contributed by atoms with E-state index in [1.165, 1.54) is 12.8 Å². The Morgan fingerprint density at radius 2 is 0.470 bits per heavy atom. The minimum Gasteiger partial charge on any atom is -0.466 e. The summed E-state index contributed by atoms with van der Waals surface area (Å²) in [7, 11) is 3.97. The van der Waals surface area contributed by atoms with E-state index in [0.717, 1.165) is 257 Å². The van der Waals surface area contributed by atoms with Gasteiger partial charge in [-0.25, -0.2) is 0 Å². The molecule has 0 spiro atoms. The highest BCUT2D eigenvalue weighted by Crippen LogP contribution is 2.18. The fourth-order valence-corrected chi connectivity index (χ4v) is 11.1. The average molecular weight is 1410 g/mol. The predicted octanol–water partition coefficient (Wildman–Crippen LogP) is 18.2. The third kappa shape index (κ3) is 66.7. The molecule has 18 heteroatoms. The molecule has 0 bridgehead atoms. The van der Waals surface area contributed by atoms with Gasteiger partial charge in [-0.3, -0.25) is 38.4 Å². The van der Waals surface area contributed by atoms with Crippen molar-refractivity contribution in [1.82, 2.24) is 9.80 Å². The molecule has 0 saturated carbocycles. The monoisotopic (exact) mass is 1410 g/mol. The SMILES string of the molecule is C=CCCCCCCCCOC(=O)CC(CN(C)CCCCCCN(C)CC(CC(=O)OCCCCCCCC/C=C/CCCOC(=O)CCC(=O)OCCCC=C)C(=O)OCCCCCCCCC=C)C(=O)OCCCCCCCC/C=C/CCCOC(=O)CCC(=O)OCCCC=C. The van der Waals surface area contributed by atoms with Crippen molar-refractivity contribution in [3.63, 3.8) is 0 Å². The van der Waals surface area contributed by atoms with Gasteiger partial charge in [0, 0.05) is 13.1 Å². The minimum absolute atomic E-state index is 0.0182. The number of unbranched alkanes of at least 4 members (excludes halogenated alkanes) is 31. The molecule has 0 aromatic carbocycles. The number of allylic oxidation sites excluding steroid dienone is 8. The third-order valence-electron chi connectivity index (χ3n) is 17.1. The van der Waals surface area contributed by atoms with Crippen LogP contribution in [0, 0.1) is 11.8 Å². The minimum atomic E-state index is -0.628. The van der Waals surface area contributed by atoms with Gasteiger partial charge in [-0.1, -0.05) is 164 Å². The number of rotatable bonds is 75. The largest absolute Gasteiger partial charge is 0.466 e. The maximum absolute atomic E-state index is 13.6. The van der Waals surface area contributed by atoms with Crippen LogP contribution in [-0.2, 0) is 76.3 Å². The van der Waals surface area contributed by atoms with Crippen molar-refractivity contribution in [2.75, 3.05) is 93.1 Å². The van der Waals surface area contributed by atoms with Gasteiger partial charge in [-0.05, 0) is 168 Å². The lowest BCUT2D eigenvalue weighted by atomic mass is 10.0. The maximum atomic E-state index is 13.6. The molecular weight excluding hydrogens is 1270 g/mol. The first-order valence-electron chi connectivity index (χ1n) is 39.1. The van der Waals surface area contributed by atoms with Crippen LogP contribution in [-0.4, -0.2) is 151 Å². The summed E-state index contributed by atoms with van der Waals surface area (Å²) in [6.45, 7) is 19.8. The molecule has 0 aromatic heterocycles. The van der Waals surface area contributed by atoms with E-state index in [9.17, 15) is 38.4 Å². The van der Waals surface area contributed by atoms with Crippen LogP contribution in [0.1, 0.15) is 295 Å². The van der Waals surface area contributed by atoms with Gasteiger partial charge in [0.15, 0.2) is 0 Å². The van der Waals surface area contributed by atoms with E-state index in [2.05, 4.69) is 60.4 Å². The molecule has 0 saturated heterocycles. The molecule has 0 aliphatic rings. The Labute approximate surface area is 606 Å². The molecule has 2 atom stereocenters. The van der Waals surface area contributed by atoms with Gasteiger partial charge in [0.1, 0.15) is 0 Å². The van der Waals surface area contributed by atoms with E-state index >= 15 is 0 Å². The van der Waals surface area contributed by atoms with Crippen LogP contribution in [0.3, 0.4) is 0 Å². The van der Waals surface area contributed by atoms with Gasteiger partial charge in [0.05, 0.1) is 103 Å². The molecule has 0 aliphatic heterocycles. The van der Waals surface area contributed by atoms with Crippen LogP contribution in [0.15, 0.2) is 74.9 Å². The molecule has 0 N–H and O–H groups in total. The Morgan fingerprint density at radius 1 is 0.260 bits per heavy atom. The summed E-state index contributed by atoms with van der Waals surface area (Å²) in [6, 6.07) is 0. The molecule has 0 radical (unpaired) electrons. The van der Waals surface area contributed by atoms with E-state index in [4.69, 9.17) is 37.9 Å². The summed E-state index contributed by atoms with van der Waals surface area (Å²) < 4.78 is 43.5. The lowest BCUT2D eigenvalue weighted by Crippen LogP contribution is -2.34. The Kier molecular flexibility index (Phi) is 68.6. The predicted molar refractivity (Wildman–Crippen MR) is 401 cm³/mol. The maximum Gasteiger partial charge on any atom is 0.310 e. The molecule has 0 amide bonds. The number of esters is 8. The topological polar surface area (TPSA) is 217 Å². The molecule has 0 heterocycles. The van der Waals surface area contributed by atoms with E-state index in [0.29, 0.717) is 65.9 Å². The third-order valence-corrected chi connectivity index (χ3v) is 17.1. The van der Waals surface area contributed by atoms with Gasteiger partial charge in [0.2, 0.25) is 0 Å². The molecule has 100 heavy (non-hydrogen) atoms. The number of nitrogens with zero attached hydrogens (tertiary/aromatic N) is 2. The summed E-state index contributed by atoms with van der Waals surface area (Å²) in [6.07, 6.45) is 54.9. The van der Waals surface area contributed by atoms with Crippen LogP contribution in [0.5, 0.6) is 0 Å². The zero-order chi connectivity index (χ0) is 73.3. The average Bonchev–Trinajstić information content (AvgIpc) is 1.01. The van der Waals surface area contributed by atoms with Crippen LogP contribution in [0.4, 0.5) is 0 Å². The summed E-state index contributed by atoms with van der Waals surface area (Å²) >= 11 is 0. The van der Waals surface area contributed by atoms with Gasteiger partial charge in [-0.2, -0.15) is 0 Å². The Hall–Kier alpha value is -5.88. The van der Waals surface area contributed by atoms with Crippen molar-refractivity contribution in [2.24, 2.45) is 11.8 Å². The van der Waals surface area contributed by atoms with Crippen molar-refractivity contribution in [1.29, 1.82) is 0 Å². The van der Waals surface area contributed by atoms with E-state index in [1.54, 1.807) is 12.2 Å². The Bertz CT molecular complexity index is 2160. The van der Waals surface area contributed by atoms with Gasteiger partial charge < -0.3 is 47.7 Å². The van der Waals surface area contributed by atoms with Crippen LogP contribution in [0.2, 0.25) is 0 Å². The summed E-state index contributed by atoms with van der Waals surface area (Å²) in [5.41, 5.74) is 0. The lowest BCUT2D eigenvalue weighted by Gasteiger charge is -2.23. The molecule has 18 nitrogen and oxygen atoms in total. The standard InChI is InChI=1S/C82H140N2O16/c1-7-11-15-17-19-31-41-51-65-97-79(89)69-74(82(92)100-68-54-44-36-30-26-22-24-28-34-40-50-64-96-78(88)58-56-76(86)94-62-48-14-10-4)72-84(6)60-46-38-37-45-59-83(5)71-73(81(91)99-67-53-43-32-20-18-16-12-8-2)70-80(90)98-66-52-42-35-29-25-21-23-27-33-39-49-63-95-77(87)57-55-75(85)93-61-47-13-9-3/h7-10,27-28,33-34,73-74H,1-4,11-26,29-32,35-72H2,5-6H3/b33-27+,34-28+. The van der Waals surface area contributed by atoms with Crippen molar-refractivity contribution >= 4 is 47.8 Å². The summed E-state index contributed by atoms with van der Waals surface area (Å²) in [4.78, 5) is 105. The quantitative estimate of drug-likeness (QED) is 0.0239. The molecule has 0 rings (SSSR count). The second-order valence-electron chi connectivity index (χ2n) is 26.7. The highest BCUT2D eigenvalue weighted by atomic mass is 16.6. The number of carbonyl (C=O) groups excluding carboxylic acids is 8. The normalized spacial score (nSPS) is 11.9. The first-order chi connectivity index (χ1) is 48.8. The van der Waals surface area contributed by atoms with E-state index in [-0.39, 0.29) is 86.3 Å². The molecular formula is C82H140N2O16. The zero-order valence-electron chi connectivity index (χ0n) is 63.0. The van der Waals surface area contributed by atoms with Crippen molar-refractivity contribution in [3.05, 3.63) is 74.9 Å². The summed E-state index contributed by atoms with van der Waals surface area (Å²) in [5.74, 6) is -4.25. The molecule has 0 aromatic rings. The second-order valence-corrected chi connectivity index (χ2v) is 26.7. The van der Waals surface area contributed by atoms with Crippen molar-refractivity contribution in [3.8, 4) is 0 Å². The smallest absolute Gasteiger partial charge is 0.310 e. The number of carbonyl (C=O) groups is 8. The lowest BCUT2D eigenvalue weighted by molar-refractivity contribution is -0.156. The zero-order valence-corrected chi connectivity index (χ0v) is 63.0. The van der Waals surface area contributed by atoms with Crippen molar-refractivity contribution in [2.45, 2.75) is 295 Å². The number of hydrogen-bond acceptors (Lipinski definition) is 18. The molecule has 574 valence electrons. The van der Waals surface area contributed by atoms with Crippen LogP contribution >= 0.6 is 0 Å². The first-order valence-corrected chi connectivity index (χ1v) is 39.1. The molecule has 0 fully saturated rings. The number of ether oxygens (including phenoxy) is 8. The summed E-state index contributed by atoms with van der Waals surface area (Å²) in [5, 5.41) is 0. The number of hydrogen-bond donors (Lipinski definition) is 0. The fourth-order valence-electron chi connectivity index (χ4n) is 11.1. The van der Waals surface area contributed by atoms with Gasteiger partial charge >= 0.3 is 47.8 Å². The van der Waals surface area contributed by atoms with E-state index < -0.39 is 11.8 Å². The van der Waals surface area contributed by atoms with Gasteiger partial charge in [-0.15, -0.1) is 26.3 Å². The Morgan fingerprint density at radius 3 is 0.770 bits per heavy atom. The first kappa shape index (κ1) is 94.1. The van der Waals surface area contributed by atoms with Crippen LogP contribution < -0.4 is 0 Å². The highest BCUT2D eigenvalue weighted by Gasteiger charge is 2.28.